The number of furan rings is 1. The van der Waals surface area contributed by atoms with Crippen LogP contribution in [0, 0.1) is 0 Å². The van der Waals surface area contributed by atoms with Crippen LogP contribution in [0.2, 0.25) is 0 Å². The topological polar surface area (TPSA) is 51.0 Å². The fourth-order valence-electron chi connectivity index (χ4n) is 1.16. The Morgan fingerprint density at radius 3 is 3.00 bits per heavy atom. The molecule has 0 aliphatic carbocycles. The molecule has 0 atom stereocenters. The first kappa shape index (κ1) is 8.90. The van der Waals surface area contributed by atoms with Gasteiger partial charge >= 0.3 is 0 Å². The zero-order valence-corrected chi connectivity index (χ0v) is 7.68. The average Bonchev–Trinajstić information content (AvgIpc) is 2.72. The monoisotopic (exact) mass is 189 g/mol. The van der Waals surface area contributed by atoms with Gasteiger partial charge in [0.15, 0.2) is 0 Å². The maximum absolute atomic E-state index is 4.95. The van der Waals surface area contributed by atoms with Crippen LogP contribution in [0.4, 0.5) is 0 Å². The average molecular weight is 189 g/mol. The first-order valence-electron chi connectivity index (χ1n) is 4.43. The van der Waals surface area contributed by atoms with Gasteiger partial charge in [0.2, 0.25) is 0 Å². The highest BCUT2D eigenvalue weighted by atomic mass is 16.3. The van der Waals surface area contributed by atoms with Crippen LogP contribution in [-0.2, 0) is 13.1 Å². The summed E-state index contributed by atoms with van der Waals surface area (Å²) in [7, 11) is 0. The van der Waals surface area contributed by atoms with Crippen molar-refractivity contribution in [2.24, 2.45) is 0 Å². The lowest BCUT2D eigenvalue weighted by Gasteiger charge is -2.00. The number of nitrogens with one attached hydrogen (secondary N) is 1. The third kappa shape index (κ3) is 2.40. The lowest BCUT2D eigenvalue weighted by Crippen LogP contribution is -2.13. The Bertz CT molecular complexity index is 358. The third-order valence-corrected chi connectivity index (χ3v) is 1.84. The van der Waals surface area contributed by atoms with Crippen LogP contribution in [0.5, 0.6) is 0 Å². The quantitative estimate of drug-likeness (QED) is 0.789. The number of nitrogens with zero attached hydrogens (tertiary/aromatic N) is 2. The molecule has 1 N–H and O–H groups in total. The summed E-state index contributed by atoms with van der Waals surface area (Å²) in [6.07, 6.45) is 5.06. The number of rotatable bonds is 4. The fourth-order valence-corrected chi connectivity index (χ4v) is 1.16. The van der Waals surface area contributed by atoms with Crippen LogP contribution in [0.15, 0.2) is 41.3 Å². The van der Waals surface area contributed by atoms with E-state index in [1.807, 2.05) is 18.2 Å². The highest BCUT2D eigenvalue weighted by Crippen LogP contribution is 1.99. The Hall–Kier alpha value is -1.68. The van der Waals surface area contributed by atoms with Crippen molar-refractivity contribution in [3.63, 3.8) is 0 Å². The Morgan fingerprint density at radius 1 is 1.29 bits per heavy atom. The Kier molecular flexibility index (Phi) is 2.88. The van der Waals surface area contributed by atoms with Gasteiger partial charge in [-0.2, -0.15) is 10.2 Å². The predicted octanol–water partition coefficient (Wildman–Crippen LogP) is 1.36. The van der Waals surface area contributed by atoms with Gasteiger partial charge in [-0.15, -0.1) is 0 Å². The van der Waals surface area contributed by atoms with E-state index in [2.05, 4.69) is 15.5 Å². The Labute approximate surface area is 82.0 Å². The SMILES string of the molecule is c1cnnc(CNCc2ccoc2)c1. The van der Waals surface area contributed by atoms with Crippen molar-refractivity contribution >= 4 is 0 Å². The van der Waals surface area contributed by atoms with Crippen LogP contribution in [0.3, 0.4) is 0 Å². The molecule has 0 saturated heterocycles. The Balaban J connectivity index is 1.79. The van der Waals surface area contributed by atoms with E-state index in [9.17, 15) is 0 Å². The van der Waals surface area contributed by atoms with Crippen molar-refractivity contribution in [3.05, 3.63) is 48.2 Å². The van der Waals surface area contributed by atoms with Crippen molar-refractivity contribution in [1.29, 1.82) is 0 Å². The summed E-state index contributed by atoms with van der Waals surface area (Å²) in [4.78, 5) is 0. The van der Waals surface area contributed by atoms with E-state index < -0.39 is 0 Å². The second kappa shape index (κ2) is 4.53. The predicted molar refractivity (Wildman–Crippen MR) is 51.3 cm³/mol. The van der Waals surface area contributed by atoms with Gasteiger partial charge in [0, 0.05) is 24.8 Å². The highest BCUT2D eigenvalue weighted by molar-refractivity contribution is 5.05. The second-order valence-electron chi connectivity index (χ2n) is 2.95. The van der Waals surface area contributed by atoms with Crippen LogP contribution >= 0.6 is 0 Å². The highest BCUT2D eigenvalue weighted by Gasteiger charge is 1.95. The largest absolute Gasteiger partial charge is 0.472 e. The molecule has 0 aliphatic rings. The third-order valence-electron chi connectivity index (χ3n) is 1.84. The molecule has 4 heteroatoms. The van der Waals surface area contributed by atoms with E-state index in [0.29, 0.717) is 0 Å². The van der Waals surface area contributed by atoms with Crippen LogP contribution < -0.4 is 5.32 Å². The van der Waals surface area contributed by atoms with E-state index in [1.165, 1.54) is 0 Å². The summed E-state index contributed by atoms with van der Waals surface area (Å²) in [6.45, 7) is 1.51. The molecular weight excluding hydrogens is 178 g/mol. The van der Waals surface area contributed by atoms with E-state index in [-0.39, 0.29) is 0 Å². The molecule has 0 aromatic carbocycles. The summed E-state index contributed by atoms with van der Waals surface area (Å²) < 4.78 is 4.95. The van der Waals surface area contributed by atoms with Crippen LogP contribution in [-0.4, -0.2) is 10.2 Å². The molecule has 14 heavy (non-hydrogen) atoms. The van der Waals surface area contributed by atoms with Gasteiger partial charge < -0.3 is 9.73 Å². The molecule has 0 unspecified atom stereocenters. The molecule has 0 amide bonds. The minimum Gasteiger partial charge on any atom is -0.472 e. The molecule has 2 rings (SSSR count). The summed E-state index contributed by atoms with van der Waals surface area (Å²) >= 11 is 0. The summed E-state index contributed by atoms with van der Waals surface area (Å²) in [5, 5.41) is 11.0. The van der Waals surface area contributed by atoms with E-state index >= 15 is 0 Å². The first-order chi connectivity index (χ1) is 6.95. The lowest BCUT2D eigenvalue weighted by molar-refractivity contribution is 0.559. The molecule has 0 spiro atoms. The van der Waals surface area contributed by atoms with E-state index in [0.717, 1.165) is 24.3 Å². The number of hydrogen-bond acceptors (Lipinski definition) is 4. The van der Waals surface area contributed by atoms with Gasteiger partial charge in [-0.05, 0) is 18.2 Å². The van der Waals surface area contributed by atoms with Gasteiger partial charge in [0.05, 0.1) is 18.2 Å². The molecule has 72 valence electrons. The molecule has 4 nitrogen and oxygen atoms in total. The molecule has 0 fully saturated rings. The van der Waals surface area contributed by atoms with Gasteiger partial charge in [0.25, 0.3) is 0 Å². The number of hydrogen-bond donors (Lipinski definition) is 1. The van der Waals surface area contributed by atoms with Crippen molar-refractivity contribution in [3.8, 4) is 0 Å². The molecule has 0 bridgehead atoms. The maximum Gasteiger partial charge on any atom is 0.0947 e. The lowest BCUT2D eigenvalue weighted by atomic mass is 10.3. The van der Waals surface area contributed by atoms with Crippen LogP contribution in [0.1, 0.15) is 11.3 Å². The minimum absolute atomic E-state index is 0.721. The zero-order chi connectivity index (χ0) is 9.64. The van der Waals surface area contributed by atoms with E-state index in [1.54, 1.807) is 18.7 Å². The standard InChI is InChI=1S/C10H11N3O/c1-2-10(13-12-4-1)7-11-6-9-3-5-14-8-9/h1-5,8,11H,6-7H2. The summed E-state index contributed by atoms with van der Waals surface area (Å²) in [5.41, 5.74) is 2.07. The molecule has 2 aromatic heterocycles. The molecule has 0 radical (unpaired) electrons. The van der Waals surface area contributed by atoms with Gasteiger partial charge in [0.1, 0.15) is 0 Å². The summed E-state index contributed by atoms with van der Waals surface area (Å²) in [6, 6.07) is 5.75. The summed E-state index contributed by atoms with van der Waals surface area (Å²) in [5.74, 6) is 0. The fraction of sp³-hybridized carbons (Fsp3) is 0.200. The smallest absolute Gasteiger partial charge is 0.0947 e. The molecule has 2 aromatic rings. The number of aromatic nitrogens is 2. The normalized spacial score (nSPS) is 10.3. The molecule has 0 aliphatic heterocycles. The second-order valence-corrected chi connectivity index (χ2v) is 2.95. The zero-order valence-electron chi connectivity index (χ0n) is 7.68. The van der Waals surface area contributed by atoms with Gasteiger partial charge in [-0.3, -0.25) is 0 Å². The minimum atomic E-state index is 0.721. The van der Waals surface area contributed by atoms with Gasteiger partial charge in [-0.25, -0.2) is 0 Å². The maximum atomic E-state index is 4.95. The molecule has 2 heterocycles. The van der Waals surface area contributed by atoms with Gasteiger partial charge in [-0.1, -0.05) is 0 Å². The van der Waals surface area contributed by atoms with Crippen molar-refractivity contribution < 1.29 is 4.42 Å². The van der Waals surface area contributed by atoms with Crippen LogP contribution in [0.25, 0.3) is 0 Å². The Morgan fingerprint density at radius 2 is 2.29 bits per heavy atom. The van der Waals surface area contributed by atoms with Crippen molar-refractivity contribution in [2.45, 2.75) is 13.1 Å². The van der Waals surface area contributed by atoms with E-state index in [4.69, 9.17) is 4.42 Å². The van der Waals surface area contributed by atoms with Crippen molar-refractivity contribution in [2.75, 3.05) is 0 Å². The molecular formula is C10H11N3O. The first-order valence-corrected chi connectivity index (χ1v) is 4.43. The molecule has 0 saturated carbocycles. The van der Waals surface area contributed by atoms with Crippen molar-refractivity contribution in [1.82, 2.24) is 15.5 Å².